The molecule has 2 heterocycles. The number of aromatic hydroxyl groups is 1. The number of aliphatic hydroxyl groups excluding tert-OH is 4. The maximum atomic E-state index is 12.5. The summed E-state index contributed by atoms with van der Waals surface area (Å²) in [6.07, 6.45) is -6.24. The van der Waals surface area contributed by atoms with Gasteiger partial charge in [0.25, 0.3) is 0 Å². The molecule has 2 fully saturated rings. The molecule has 1 saturated carbocycles. The van der Waals surface area contributed by atoms with Gasteiger partial charge in [0.05, 0.1) is 24.9 Å². The average Bonchev–Trinajstić information content (AvgIpc) is 3.07. The lowest BCUT2D eigenvalue weighted by Crippen LogP contribution is -2.63. The number of carbonyl (C=O) groups excluding carboxylic acids is 2. The van der Waals surface area contributed by atoms with Crippen LogP contribution in [0.15, 0.2) is 42.7 Å². The van der Waals surface area contributed by atoms with Crippen molar-refractivity contribution in [3.05, 3.63) is 48.2 Å². The van der Waals surface area contributed by atoms with Gasteiger partial charge in [-0.05, 0) is 36.8 Å². The Morgan fingerprint density at radius 1 is 1.13 bits per heavy atom. The fourth-order valence-corrected chi connectivity index (χ4v) is 5.30. The lowest BCUT2D eigenvalue weighted by Gasteiger charge is -2.46. The highest BCUT2D eigenvalue weighted by Gasteiger charge is 2.66. The van der Waals surface area contributed by atoms with E-state index in [2.05, 4.69) is 0 Å². The highest BCUT2D eigenvalue weighted by molar-refractivity contribution is 5.87. The number of hydrogen-bond acceptors (Lipinski definition) is 13. The van der Waals surface area contributed by atoms with E-state index in [-0.39, 0.29) is 12.2 Å². The molecule has 10 atom stereocenters. The van der Waals surface area contributed by atoms with Gasteiger partial charge in [-0.2, -0.15) is 0 Å². The van der Waals surface area contributed by atoms with Crippen LogP contribution in [0.25, 0.3) is 6.08 Å². The second kappa shape index (κ2) is 11.2. The Labute approximate surface area is 223 Å². The van der Waals surface area contributed by atoms with Crippen molar-refractivity contribution in [3.8, 4) is 5.75 Å². The molecule has 2 aliphatic heterocycles. The van der Waals surface area contributed by atoms with Gasteiger partial charge in [-0.15, -0.1) is 0 Å². The van der Waals surface area contributed by atoms with Crippen molar-refractivity contribution in [2.45, 2.75) is 74.6 Å². The molecular weight excluding hydrogens is 520 g/mol. The molecule has 1 aromatic rings. The van der Waals surface area contributed by atoms with Crippen LogP contribution in [0.5, 0.6) is 5.75 Å². The Balaban J connectivity index is 1.52. The molecular formula is C26H32O13. The van der Waals surface area contributed by atoms with Crippen molar-refractivity contribution >= 4 is 18.0 Å². The molecule has 0 amide bonds. The van der Waals surface area contributed by atoms with Gasteiger partial charge < -0.3 is 54.3 Å². The molecule has 3 aliphatic rings. The van der Waals surface area contributed by atoms with Crippen LogP contribution < -0.4 is 0 Å². The van der Waals surface area contributed by atoms with E-state index < -0.39 is 78.8 Å². The summed E-state index contributed by atoms with van der Waals surface area (Å²) in [5.74, 6) is -2.75. The Morgan fingerprint density at radius 3 is 2.46 bits per heavy atom. The van der Waals surface area contributed by atoms with Crippen LogP contribution in [0.3, 0.4) is 0 Å². The zero-order valence-electron chi connectivity index (χ0n) is 21.2. The second-order valence-corrected chi connectivity index (χ2v) is 9.97. The van der Waals surface area contributed by atoms with Crippen molar-refractivity contribution in [1.29, 1.82) is 0 Å². The highest BCUT2D eigenvalue weighted by Crippen LogP contribution is 2.51. The van der Waals surface area contributed by atoms with Crippen molar-refractivity contribution in [1.82, 2.24) is 0 Å². The minimum absolute atomic E-state index is 0.0421. The molecule has 39 heavy (non-hydrogen) atoms. The maximum absolute atomic E-state index is 12.5. The largest absolute Gasteiger partial charge is 0.508 e. The molecule has 0 bridgehead atoms. The first-order valence-corrected chi connectivity index (χ1v) is 12.3. The minimum Gasteiger partial charge on any atom is -0.508 e. The smallest absolute Gasteiger partial charge is 0.331 e. The number of fused-ring (bicyclic) bond motifs is 1. The molecule has 0 aromatic heterocycles. The van der Waals surface area contributed by atoms with Gasteiger partial charge in [0.2, 0.25) is 6.29 Å². The predicted octanol–water partition coefficient (Wildman–Crippen LogP) is -0.923. The molecule has 1 aliphatic carbocycles. The molecule has 0 spiro atoms. The first-order chi connectivity index (χ1) is 18.4. The first-order valence-electron chi connectivity index (χ1n) is 12.3. The van der Waals surface area contributed by atoms with E-state index in [0.717, 1.165) is 12.3 Å². The summed E-state index contributed by atoms with van der Waals surface area (Å²) in [5, 5.41) is 62.4. The van der Waals surface area contributed by atoms with Crippen molar-refractivity contribution < 1.29 is 63.9 Å². The quantitative estimate of drug-likeness (QED) is 0.179. The average molecular weight is 553 g/mol. The van der Waals surface area contributed by atoms with E-state index >= 15 is 0 Å². The van der Waals surface area contributed by atoms with Crippen molar-refractivity contribution in [2.75, 3.05) is 6.61 Å². The van der Waals surface area contributed by atoms with Crippen LogP contribution in [-0.4, -0.2) is 103 Å². The highest BCUT2D eigenvalue weighted by atomic mass is 16.8. The monoisotopic (exact) mass is 552 g/mol. The normalized spacial score (nSPS) is 39.7. The summed E-state index contributed by atoms with van der Waals surface area (Å²) in [4.78, 5) is 24.3. The van der Waals surface area contributed by atoms with Crippen LogP contribution >= 0.6 is 0 Å². The van der Waals surface area contributed by atoms with E-state index in [1.54, 1.807) is 12.1 Å². The summed E-state index contributed by atoms with van der Waals surface area (Å²) in [6, 6.07) is 5.94. The Bertz CT molecular complexity index is 1100. The van der Waals surface area contributed by atoms with Crippen molar-refractivity contribution in [3.63, 3.8) is 0 Å². The van der Waals surface area contributed by atoms with Gasteiger partial charge >= 0.3 is 11.9 Å². The second-order valence-electron chi connectivity index (χ2n) is 9.97. The minimum atomic E-state index is -1.92. The number of phenols is 1. The van der Waals surface area contributed by atoms with Gasteiger partial charge in [0, 0.05) is 19.4 Å². The fraction of sp³-hybridized carbons (Fsp3) is 0.538. The first kappa shape index (κ1) is 29.0. The summed E-state index contributed by atoms with van der Waals surface area (Å²) in [5.41, 5.74) is -2.81. The number of esters is 2. The lowest BCUT2D eigenvalue weighted by molar-refractivity contribution is -0.351. The zero-order chi connectivity index (χ0) is 28.5. The number of rotatable bonds is 7. The van der Waals surface area contributed by atoms with Crippen LogP contribution in [0, 0.1) is 5.92 Å². The zero-order valence-corrected chi connectivity index (χ0v) is 21.2. The standard InChI is InChI=1S/C26H32O13/c1-13(28)39-25(2)11-17(30)26(34)9-10-35-24(22(25)26)38-23-20(33)21(19(32)16(12-27)36-23)37-18(31)8-5-14-3-6-15(29)7-4-14/h3-10,16-17,19-24,27,29-30,32-34H,11-12H2,1-2H3. The summed E-state index contributed by atoms with van der Waals surface area (Å²) < 4.78 is 27.5. The molecule has 13 nitrogen and oxygen atoms in total. The fourth-order valence-electron chi connectivity index (χ4n) is 5.30. The van der Waals surface area contributed by atoms with E-state index in [4.69, 9.17) is 23.7 Å². The van der Waals surface area contributed by atoms with Gasteiger partial charge in [0.1, 0.15) is 35.3 Å². The van der Waals surface area contributed by atoms with E-state index in [0.29, 0.717) is 5.56 Å². The molecule has 4 rings (SSSR count). The number of ether oxygens (including phenoxy) is 5. The lowest BCUT2D eigenvalue weighted by atomic mass is 9.81. The van der Waals surface area contributed by atoms with E-state index in [1.165, 1.54) is 38.1 Å². The molecule has 0 radical (unpaired) electrons. The Kier molecular flexibility index (Phi) is 8.33. The van der Waals surface area contributed by atoms with Gasteiger partial charge in [-0.3, -0.25) is 4.79 Å². The molecule has 1 saturated heterocycles. The molecule has 214 valence electrons. The van der Waals surface area contributed by atoms with Gasteiger partial charge in [0.15, 0.2) is 12.4 Å². The molecule has 10 unspecified atom stereocenters. The van der Waals surface area contributed by atoms with Crippen LogP contribution in [0.2, 0.25) is 0 Å². The van der Waals surface area contributed by atoms with Crippen LogP contribution in [0.4, 0.5) is 0 Å². The Hall–Kier alpha value is -3.04. The SMILES string of the molecule is CC(=O)OC1(C)CC(O)C2(O)C=COC(OC3OC(CO)C(O)C(OC(=O)C=Cc4ccc(O)cc4)C3O)C12. The third-order valence-electron chi connectivity index (χ3n) is 7.13. The van der Waals surface area contributed by atoms with Crippen molar-refractivity contribution in [2.24, 2.45) is 5.92 Å². The molecule has 1 aromatic carbocycles. The number of hydrogen-bond donors (Lipinski definition) is 6. The molecule has 6 N–H and O–H groups in total. The summed E-state index contributed by atoms with van der Waals surface area (Å²) in [6.45, 7) is 1.93. The Morgan fingerprint density at radius 2 is 1.82 bits per heavy atom. The number of benzene rings is 1. The van der Waals surface area contributed by atoms with Crippen LogP contribution in [0.1, 0.15) is 25.8 Å². The van der Waals surface area contributed by atoms with Gasteiger partial charge in [-0.1, -0.05) is 12.1 Å². The predicted molar refractivity (Wildman–Crippen MR) is 129 cm³/mol. The van der Waals surface area contributed by atoms with Gasteiger partial charge in [-0.25, -0.2) is 4.79 Å². The number of carbonyl (C=O) groups is 2. The third kappa shape index (κ3) is 5.79. The van der Waals surface area contributed by atoms with Crippen LogP contribution in [-0.2, 0) is 33.3 Å². The summed E-state index contributed by atoms with van der Waals surface area (Å²) >= 11 is 0. The maximum Gasteiger partial charge on any atom is 0.331 e. The van der Waals surface area contributed by atoms with E-state index in [9.17, 15) is 40.2 Å². The molecule has 13 heteroatoms. The third-order valence-corrected chi connectivity index (χ3v) is 7.13. The van der Waals surface area contributed by atoms with E-state index in [1.807, 2.05) is 0 Å². The number of aliphatic hydroxyl groups is 5. The summed E-state index contributed by atoms with van der Waals surface area (Å²) in [7, 11) is 0. The topological polar surface area (TPSA) is 202 Å². The number of phenolic OH excluding ortho intramolecular Hbond substituents is 1.